The van der Waals surface area contributed by atoms with Gasteiger partial charge < -0.3 is 20.0 Å². The van der Waals surface area contributed by atoms with Gasteiger partial charge in [0.25, 0.3) is 0 Å². The Hall–Kier alpha value is -3.49. The van der Waals surface area contributed by atoms with Crippen LogP contribution in [0.4, 0.5) is 13.2 Å². The van der Waals surface area contributed by atoms with Crippen molar-refractivity contribution in [2.45, 2.75) is 6.18 Å². The highest BCUT2D eigenvalue weighted by atomic mass is 19.4. The minimum absolute atomic E-state index is 0.000484. The number of primary amides is 1. The van der Waals surface area contributed by atoms with E-state index in [0.29, 0.717) is 16.7 Å². The molecule has 9 heteroatoms. The Bertz CT molecular complexity index is 962. The van der Waals surface area contributed by atoms with E-state index in [4.69, 9.17) is 13.9 Å². The van der Waals surface area contributed by atoms with Gasteiger partial charge in [-0.3, -0.25) is 4.79 Å². The standard InChI is InChI=1S/C17H11F3O4.CH3NO/c1-23-11-6-7-13-12(8-11)14(16(21)22)15(24-13)9-2-4-10(5-3-9)17(18,19)20;2-1-3/h2-8H,1H3,(H,21,22);1H,(H2,2,3). The Balaban J connectivity index is 0.000000817. The van der Waals surface area contributed by atoms with Crippen molar-refractivity contribution >= 4 is 23.3 Å². The first kappa shape index (κ1) is 19.8. The second kappa shape index (κ2) is 7.81. The number of carbonyl (C=O) groups excluding carboxylic acids is 1. The number of hydrogen-bond donors (Lipinski definition) is 2. The van der Waals surface area contributed by atoms with Gasteiger partial charge in [0.15, 0.2) is 0 Å². The second-order valence-corrected chi connectivity index (χ2v) is 5.18. The predicted octanol–water partition coefficient (Wildman–Crippen LogP) is 3.93. The van der Waals surface area contributed by atoms with E-state index in [1.807, 2.05) is 0 Å². The molecule has 142 valence electrons. The molecule has 0 atom stereocenters. The van der Waals surface area contributed by atoms with Crippen molar-refractivity contribution in [3.63, 3.8) is 0 Å². The Labute approximate surface area is 150 Å². The lowest BCUT2D eigenvalue weighted by Crippen LogP contribution is -2.04. The monoisotopic (exact) mass is 381 g/mol. The third-order valence-corrected chi connectivity index (χ3v) is 3.58. The van der Waals surface area contributed by atoms with Crippen molar-refractivity contribution in [2.75, 3.05) is 7.11 Å². The van der Waals surface area contributed by atoms with Crippen LogP contribution in [0.2, 0.25) is 0 Å². The molecule has 0 unspecified atom stereocenters. The Morgan fingerprint density at radius 2 is 1.78 bits per heavy atom. The van der Waals surface area contributed by atoms with E-state index in [9.17, 15) is 23.1 Å². The van der Waals surface area contributed by atoms with Crippen molar-refractivity contribution < 1.29 is 37.0 Å². The van der Waals surface area contributed by atoms with Crippen LogP contribution in [-0.2, 0) is 11.0 Å². The normalized spacial score (nSPS) is 10.8. The maximum atomic E-state index is 12.6. The van der Waals surface area contributed by atoms with E-state index in [-0.39, 0.29) is 23.3 Å². The number of nitrogens with two attached hydrogens (primary N) is 1. The first-order valence-corrected chi connectivity index (χ1v) is 7.39. The van der Waals surface area contributed by atoms with E-state index in [1.54, 1.807) is 12.1 Å². The quantitative estimate of drug-likeness (QED) is 0.669. The van der Waals surface area contributed by atoms with Gasteiger partial charge in [-0.1, -0.05) is 12.1 Å². The van der Waals surface area contributed by atoms with Crippen molar-refractivity contribution in [3.8, 4) is 17.1 Å². The summed E-state index contributed by atoms with van der Waals surface area (Å²) in [5.74, 6) is -0.791. The number of halogens is 3. The molecule has 0 aliphatic rings. The molecule has 0 saturated carbocycles. The summed E-state index contributed by atoms with van der Waals surface area (Å²) in [6.45, 7) is 0. The molecule has 0 aliphatic heterocycles. The highest BCUT2D eigenvalue weighted by Gasteiger charge is 2.30. The highest BCUT2D eigenvalue weighted by Crippen LogP contribution is 2.37. The number of hydrogen-bond acceptors (Lipinski definition) is 4. The topological polar surface area (TPSA) is 103 Å². The summed E-state index contributed by atoms with van der Waals surface area (Å²) in [5, 5.41) is 9.80. The average molecular weight is 381 g/mol. The lowest BCUT2D eigenvalue weighted by molar-refractivity contribution is -0.137. The van der Waals surface area contributed by atoms with Gasteiger partial charge in [-0.2, -0.15) is 13.2 Å². The number of alkyl halides is 3. The molecule has 0 fully saturated rings. The molecule has 0 spiro atoms. The van der Waals surface area contributed by atoms with Crippen LogP contribution < -0.4 is 10.5 Å². The van der Waals surface area contributed by atoms with E-state index in [0.717, 1.165) is 12.1 Å². The minimum Gasteiger partial charge on any atom is -0.497 e. The fourth-order valence-corrected chi connectivity index (χ4v) is 2.43. The molecule has 0 saturated heterocycles. The zero-order valence-corrected chi connectivity index (χ0v) is 13.9. The Morgan fingerprint density at radius 1 is 1.19 bits per heavy atom. The van der Waals surface area contributed by atoms with Gasteiger partial charge in [0.2, 0.25) is 6.41 Å². The third-order valence-electron chi connectivity index (χ3n) is 3.58. The molecule has 0 bridgehead atoms. The van der Waals surface area contributed by atoms with Crippen molar-refractivity contribution in [2.24, 2.45) is 5.73 Å². The van der Waals surface area contributed by atoms with Crippen LogP contribution in [0.15, 0.2) is 46.9 Å². The second-order valence-electron chi connectivity index (χ2n) is 5.18. The molecule has 2 aromatic carbocycles. The maximum absolute atomic E-state index is 12.6. The van der Waals surface area contributed by atoms with Crippen molar-refractivity contribution in [3.05, 3.63) is 53.6 Å². The van der Waals surface area contributed by atoms with Crippen LogP contribution in [0.5, 0.6) is 5.75 Å². The van der Waals surface area contributed by atoms with Crippen LogP contribution >= 0.6 is 0 Å². The molecule has 1 amide bonds. The number of aromatic carboxylic acids is 1. The van der Waals surface area contributed by atoms with Crippen LogP contribution in [0.1, 0.15) is 15.9 Å². The molecule has 3 aromatic rings. The predicted molar refractivity (Wildman–Crippen MR) is 90.4 cm³/mol. The van der Waals surface area contributed by atoms with Gasteiger partial charge >= 0.3 is 12.1 Å². The number of ether oxygens (including phenoxy) is 1. The van der Waals surface area contributed by atoms with E-state index in [2.05, 4.69) is 5.73 Å². The number of methoxy groups -OCH3 is 1. The number of carbonyl (C=O) groups is 2. The third kappa shape index (κ3) is 4.20. The zero-order chi connectivity index (χ0) is 20.2. The number of furan rings is 1. The fraction of sp³-hybridized carbons (Fsp3) is 0.111. The van der Waals surface area contributed by atoms with Gasteiger partial charge in [0, 0.05) is 10.9 Å². The van der Waals surface area contributed by atoms with Gasteiger partial charge in [-0.05, 0) is 30.3 Å². The van der Waals surface area contributed by atoms with E-state index in [1.165, 1.54) is 25.3 Å². The molecule has 1 aromatic heterocycles. The number of benzene rings is 2. The summed E-state index contributed by atoms with van der Waals surface area (Å²) in [4.78, 5) is 20.2. The van der Waals surface area contributed by atoms with Crippen LogP contribution in [0.3, 0.4) is 0 Å². The molecule has 0 radical (unpaired) electrons. The van der Waals surface area contributed by atoms with Crippen molar-refractivity contribution in [1.82, 2.24) is 0 Å². The highest BCUT2D eigenvalue weighted by molar-refractivity contribution is 6.08. The fourth-order valence-electron chi connectivity index (χ4n) is 2.43. The summed E-state index contributed by atoms with van der Waals surface area (Å²) < 4.78 is 48.6. The lowest BCUT2D eigenvalue weighted by Gasteiger charge is -2.07. The van der Waals surface area contributed by atoms with E-state index < -0.39 is 17.7 Å². The van der Waals surface area contributed by atoms with Crippen LogP contribution in [-0.4, -0.2) is 24.6 Å². The molecule has 6 nitrogen and oxygen atoms in total. The van der Waals surface area contributed by atoms with Gasteiger partial charge in [-0.15, -0.1) is 0 Å². The van der Waals surface area contributed by atoms with Crippen molar-refractivity contribution in [1.29, 1.82) is 0 Å². The van der Waals surface area contributed by atoms with Crippen LogP contribution in [0.25, 0.3) is 22.3 Å². The van der Waals surface area contributed by atoms with Crippen LogP contribution in [0, 0.1) is 0 Å². The van der Waals surface area contributed by atoms with Gasteiger partial charge in [0.1, 0.15) is 22.7 Å². The first-order valence-electron chi connectivity index (χ1n) is 7.39. The molecule has 1 heterocycles. The summed E-state index contributed by atoms with van der Waals surface area (Å²) in [7, 11) is 1.44. The smallest absolute Gasteiger partial charge is 0.416 e. The minimum atomic E-state index is -4.46. The number of amides is 1. The summed E-state index contributed by atoms with van der Waals surface area (Å²) in [6.07, 6.45) is -4.21. The number of carboxylic acid groups (broad SMARTS) is 1. The molecule has 0 aliphatic carbocycles. The zero-order valence-electron chi connectivity index (χ0n) is 13.9. The number of rotatable bonds is 3. The van der Waals surface area contributed by atoms with Gasteiger partial charge in [0.05, 0.1) is 12.7 Å². The molecule has 3 rings (SSSR count). The Kier molecular flexibility index (Phi) is 5.74. The largest absolute Gasteiger partial charge is 0.497 e. The Morgan fingerprint density at radius 3 is 2.26 bits per heavy atom. The summed E-state index contributed by atoms with van der Waals surface area (Å²) >= 11 is 0. The summed E-state index contributed by atoms with van der Waals surface area (Å²) in [6, 6.07) is 8.80. The average Bonchev–Trinajstić information content (AvgIpc) is 3.00. The molecule has 3 N–H and O–H groups in total. The number of carboxylic acids is 1. The first-order chi connectivity index (χ1) is 12.7. The molecular weight excluding hydrogens is 367 g/mol. The summed E-state index contributed by atoms with van der Waals surface area (Å²) in [5.41, 5.74) is 3.78. The van der Waals surface area contributed by atoms with Gasteiger partial charge in [-0.25, -0.2) is 4.79 Å². The SMILES string of the molecule is COc1ccc2oc(-c3ccc(C(F)(F)F)cc3)c(C(=O)O)c2c1.NC=O. The lowest BCUT2D eigenvalue weighted by atomic mass is 10.0. The molecule has 27 heavy (non-hydrogen) atoms. The van der Waals surface area contributed by atoms with E-state index >= 15 is 0 Å². The maximum Gasteiger partial charge on any atom is 0.416 e. The number of fused-ring (bicyclic) bond motifs is 1. The molecular formula is C18H14F3NO5.